The van der Waals surface area contributed by atoms with Crippen molar-refractivity contribution in [3.05, 3.63) is 29.1 Å². The largest absolute Gasteiger partial charge is 0.325 e. The van der Waals surface area contributed by atoms with Crippen molar-refractivity contribution in [2.75, 3.05) is 19.6 Å². The van der Waals surface area contributed by atoms with Gasteiger partial charge in [-0.25, -0.2) is 4.98 Å². The Hall–Kier alpha value is -1.39. The van der Waals surface area contributed by atoms with Crippen molar-refractivity contribution < 1.29 is 0 Å². The fourth-order valence-corrected chi connectivity index (χ4v) is 3.23. The second-order valence-corrected chi connectivity index (χ2v) is 6.38. The van der Waals surface area contributed by atoms with Crippen molar-refractivity contribution in [3.63, 3.8) is 0 Å². The lowest BCUT2D eigenvalue weighted by Gasteiger charge is -2.17. The highest BCUT2D eigenvalue weighted by molar-refractivity contribution is 5.78. The van der Waals surface area contributed by atoms with E-state index in [1.54, 1.807) is 0 Å². The summed E-state index contributed by atoms with van der Waals surface area (Å²) in [5, 5.41) is 0. The standard InChI is InChI=1S/C17H26N4/c1-12-10-15-16(11-13(12)2)21(17(19-15)14(3)18)9-8-20-6-4-5-7-20/h10-11,14H,4-9,18H2,1-3H3. The summed E-state index contributed by atoms with van der Waals surface area (Å²) in [7, 11) is 0. The van der Waals surface area contributed by atoms with Crippen LogP contribution in [-0.4, -0.2) is 34.1 Å². The molecule has 1 fully saturated rings. The third-order valence-electron chi connectivity index (χ3n) is 4.64. The monoisotopic (exact) mass is 286 g/mol. The molecular formula is C17H26N4. The number of nitrogens with zero attached hydrogens (tertiary/aromatic N) is 3. The number of nitrogens with two attached hydrogens (primary N) is 1. The lowest BCUT2D eigenvalue weighted by atomic mass is 10.1. The zero-order chi connectivity index (χ0) is 15.0. The fraction of sp³-hybridized carbons (Fsp3) is 0.588. The van der Waals surface area contributed by atoms with Crippen LogP contribution in [0.5, 0.6) is 0 Å². The molecule has 114 valence electrons. The first-order valence-electron chi connectivity index (χ1n) is 8.01. The minimum absolute atomic E-state index is 0.0309. The van der Waals surface area contributed by atoms with E-state index in [1.165, 1.54) is 42.6 Å². The van der Waals surface area contributed by atoms with E-state index in [1.807, 2.05) is 6.92 Å². The zero-order valence-corrected chi connectivity index (χ0v) is 13.4. The Balaban J connectivity index is 1.96. The number of imidazole rings is 1. The molecule has 2 aromatic rings. The van der Waals surface area contributed by atoms with Crippen LogP contribution in [0.25, 0.3) is 11.0 Å². The van der Waals surface area contributed by atoms with Gasteiger partial charge in [-0.1, -0.05) is 0 Å². The molecule has 21 heavy (non-hydrogen) atoms. The van der Waals surface area contributed by atoms with Crippen LogP contribution in [0, 0.1) is 13.8 Å². The van der Waals surface area contributed by atoms with Gasteiger partial charge in [0.1, 0.15) is 5.82 Å². The van der Waals surface area contributed by atoms with Gasteiger partial charge in [-0.15, -0.1) is 0 Å². The summed E-state index contributed by atoms with van der Waals surface area (Å²) in [5.74, 6) is 1.01. The van der Waals surface area contributed by atoms with Gasteiger partial charge in [0.2, 0.25) is 0 Å². The molecule has 0 radical (unpaired) electrons. The topological polar surface area (TPSA) is 47.1 Å². The predicted octanol–water partition coefficient (Wildman–Crippen LogP) is 2.77. The maximum atomic E-state index is 6.14. The van der Waals surface area contributed by atoms with Crippen LogP contribution in [-0.2, 0) is 6.54 Å². The van der Waals surface area contributed by atoms with Crippen LogP contribution in [0.15, 0.2) is 12.1 Å². The van der Waals surface area contributed by atoms with Crippen molar-refractivity contribution in [2.24, 2.45) is 5.73 Å². The maximum absolute atomic E-state index is 6.14. The molecule has 4 heteroatoms. The molecule has 2 heterocycles. The van der Waals surface area contributed by atoms with E-state index >= 15 is 0 Å². The van der Waals surface area contributed by atoms with Gasteiger partial charge in [0, 0.05) is 13.1 Å². The van der Waals surface area contributed by atoms with Gasteiger partial charge >= 0.3 is 0 Å². The molecule has 3 rings (SSSR count). The minimum Gasteiger partial charge on any atom is -0.325 e. The van der Waals surface area contributed by atoms with Gasteiger partial charge in [0.05, 0.1) is 17.1 Å². The first-order valence-corrected chi connectivity index (χ1v) is 8.01. The minimum atomic E-state index is -0.0309. The van der Waals surface area contributed by atoms with E-state index in [0.29, 0.717) is 0 Å². The molecule has 1 aromatic heterocycles. The zero-order valence-electron chi connectivity index (χ0n) is 13.4. The summed E-state index contributed by atoms with van der Waals surface area (Å²) < 4.78 is 2.32. The molecule has 0 aliphatic carbocycles. The average molecular weight is 286 g/mol. The van der Waals surface area contributed by atoms with Crippen molar-refractivity contribution in [2.45, 2.75) is 46.2 Å². The van der Waals surface area contributed by atoms with E-state index in [0.717, 1.165) is 24.4 Å². The number of aryl methyl sites for hydroxylation is 2. The number of benzene rings is 1. The molecule has 1 atom stereocenters. The van der Waals surface area contributed by atoms with Crippen molar-refractivity contribution >= 4 is 11.0 Å². The molecule has 1 aromatic carbocycles. The van der Waals surface area contributed by atoms with Crippen molar-refractivity contribution in [1.82, 2.24) is 14.5 Å². The Morgan fingerprint density at radius 2 is 1.81 bits per heavy atom. The van der Waals surface area contributed by atoms with E-state index in [2.05, 4.69) is 35.4 Å². The van der Waals surface area contributed by atoms with E-state index < -0.39 is 0 Å². The first-order chi connectivity index (χ1) is 10.1. The van der Waals surface area contributed by atoms with Crippen molar-refractivity contribution in [3.8, 4) is 0 Å². The van der Waals surface area contributed by atoms with Crippen LogP contribution >= 0.6 is 0 Å². The molecule has 2 N–H and O–H groups in total. The number of hydrogen-bond donors (Lipinski definition) is 1. The van der Waals surface area contributed by atoms with Crippen LogP contribution < -0.4 is 5.73 Å². The quantitative estimate of drug-likeness (QED) is 0.940. The normalized spacial score (nSPS) is 17.7. The number of rotatable bonds is 4. The molecule has 0 spiro atoms. The summed E-state index contributed by atoms with van der Waals surface area (Å²) >= 11 is 0. The molecule has 1 aliphatic rings. The van der Waals surface area contributed by atoms with E-state index in [-0.39, 0.29) is 6.04 Å². The van der Waals surface area contributed by atoms with Gasteiger partial charge in [-0.3, -0.25) is 0 Å². The van der Waals surface area contributed by atoms with Crippen LogP contribution in [0.3, 0.4) is 0 Å². The predicted molar refractivity (Wildman–Crippen MR) is 87.5 cm³/mol. The number of hydrogen-bond acceptors (Lipinski definition) is 3. The SMILES string of the molecule is Cc1cc2nc(C(C)N)n(CCN3CCCC3)c2cc1C. The highest BCUT2D eigenvalue weighted by Gasteiger charge is 2.17. The summed E-state index contributed by atoms with van der Waals surface area (Å²) in [6, 6.07) is 4.41. The Morgan fingerprint density at radius 3 is 2.48 bits per heavy atom. The molecule has 0 saturated carbocycles. The van der Waals surface area contributed by atoms with Crippen LogP contribution in [0.2, 0.25) is 0 Å². The second kappa shape index (κ2) is 5.78. The van der Waals surface area contributed by atoms with Gasteiger partial charge in [0.15, 0.2) is 0 Å². The third-order valence-corrected chi connectivity index (χ3v) is 4.64. The van der Waals surface area contributed by atoms with E-state index in [9.17, 15) is 0 Å². The summed E-state index contributed by atoms with van der Waals surface area (Å²) in [6.07, 6.45) is 2.67. The molecule has 0 bridgehead atoms. The fourth-order valence-electron chi connectivity index (χ4n) is 3.23. The van der Waals surface area contributed by atoms with Gasteiger partial charge in [0.25, 0.3) is 0 Å². The molecular weight excluding hydrogens is 260 g/mol. The molecule has 0 amide bonds. The number of aromatic nitrogens is 2. The summed E-state index contributed by atoms with van der Waals surface area (Å²) in [6.45, 7) is 10.9. The third kappa shape index (κ3) is 2.83. The highest BCUT2D eigenvalue weighted by Crippen LogP contribution is 2.23. The summed E-state index contributed by atoms with van der Waals surface area (Å²) in [5.41, 5.74) is 11.1. The summed E-state index contributed by atoms with van der Waals surface area (Å²) in [4.78, 5) is 7.32. The van der Waals surface area contributed by atoms with Crippen molar-refractivity contribution in [1.29, 1.82) is 0 Å². The number of fused-ring (bicyclic) bond motifs is 1. The molecule has 4 nitrogen and oxygen atoms in total. The maximum Gasteiger partial charge on any atom is 0.126 e. The Kier molecular flexibility index (Phi) is 4.00. The van der Waals surface area contributed by atoms with Gasteiger partial charge in [-0.2, -0.15) is 0 Å². The average Bonchev–Trinajstić information content (AvgIpc) is 3.05. The smallest absolute Gasteiger partial charge is 0.126 e. The molecule has 1 aliphatic heterocycles. The Labute approximate surface area is 126 Å². The van der Waals surface area contributed by atoms with Crippen LogP contribution in [0.4, 0.5) is 0 Å². The lowest BCUT2D eigenvalue weighted by Crippen LogP contribution is -2.25. The Bertz CT molecular complexity index is 636. The Morgan fingerprint density at radius 1 is 1.14 bits per heavy atom. The molecule has 1 unspecified atom stereocenters. The van der Waals surface area contributed by atoms with Crippen LogP contribution in [0.1, 0.15) is 42.8 Å². The van der Waals surface area contributed by atoms with Gasteiger partial charge in [-0.05, 0) is 70.0 Å². The highest BCUT2D eigenvalue weighted by atomic mass is 15.2. The molecule has 1 saturated heterocycles. The first kappa shape index (κ1) is 14.5. The number of likely N-dealkylation sites (tertiary alicyclic amines) is 1. The lowest BCUT2D eigenvalue weighted by molar-refractivity contribution is 0.321. The van der Waals surface area contributed by atoms with Gasteiger partial charge < -0.3 is 15.2 Å². The second-order valence-electron chi connectivity index (χ2n) is 6.38. The van der Waals surface area contributed by atoms with E-state index in [4.69, 9.17) is 10.7 Å².